The Morgan fingerprint density at radius 2 is 2.17 bits per heavy atom. The number of halogens is 1. The van der Waals surface area contributed by atoms with Crippen molar-refractivity contribution in [3.63, 3.8) is 0 Å². The molecular formula is C18H19ClN2O2. The van der Waals surface area contributed by atoms with E-state index in [9.17, 15) is 9.90 Å². The number of likely N-dealkylation sites (tertiary alicyclic amines) is 1. The van der Waals surface area contributed by atoms with Crippen LogP contribution in [0.1, 0.15) is 29.6 Å². The van der Waals surface area contributed by atoms with Gasteiger partial charge in [0.25, 0.3) is 5.91 Å². The number of nitrogens with zero attached hydrogens (tertiary/aromatic N) is 2. The van der Waals surface area contributed by atoms with Gasteiger partial charge in [-0.05, 0) is 43.5 Å². The molecule has 0 bridgehead atoms. The van der Waals surface area contributed by atoms with Crippen molar-refractivity contribution in [3.05, 3.63) is 53.2 Å². The maximum absolute atomic E-state index is 12.9. The molecule has 1 aromatic carbocycles. The standard InChI is InChI=1S/C18H19ClN2O2/c19-16-8-7-13(17-6-1-3-9-20-17)11-15(16)18(23)21-10-4-2-5-14(21)12-22/h1,3,6-9,11,14,22H,2,4-5,10,12H2. The van der Waals surface area contributed by atoms with E-state index in [1.54, 1.807) is 23.2 Å². The van der Waals surface area contributed by atoms with E-state index in [1.807, 2.05) is 24.3 Å². The minimum atomic E-state index is -0.120. The average molecular weight is 331 g/mol. The third-order valence-corrected chi connectivity index (χ3v) is 4.59. The van der Waals surface area contributed by atoms with Crippen LogP contribution in [0.3, 0.4) is 0 Å². The first-order valence-corrected chi connectivity index (χ1v) is 8.21. The Labute approximate surface area is 140 Å². The van der Waals surface area contributed by atoms with E-state index in [4.69, 9.17) is 11.6 Å². The zero-order valence-electron chi connectivity index (χ0n) is 12.8. The van der Waals surface area contributed by atoms with Crippen molar-refractivity contribution in [1.82, 2.24) is 9.88 Å². The van der Waals surface area contributed by atoms with Crippen LogP contribution in [0.2, 0.25) is 5.02 Å². The lowest BCUT2D eigenvalue weighted by Crippen LogP contribution is -2.45. The molecule has 0 spiro atoms. The zero-order valence-corrected chi connectivity index (χ0v) is 13.5. The van der Waals surface area contributed by atoms with E-state index in [1.165, 1.54) is 0 Å². The second-order valence-corrected chi connectivity index (χ2v) is 6.15. The highest BCUT2D eigenvalue weighted by Gasteiger charge is 2.28. The molecule has 2 aromatic rings. The Kier molecular flexibility index (Phi) is 4.94. The van der Waals surface area contributed by atoms with E-state index >= 15 is 0 Å². The first-order valence-electron chi connectivity index (χ1n) is 7.83. The summed E-state index contributed by atoms with van der Waals surface area (Å²) in [5.41, 5.74) is 2.13. The van der Waals surface area contributed by atoms with Crippen molar-refractivity contribution in [3.8, 4) is 11.3 Å². The van der Waals surface area contributed by atoms with Crippen LogP contribution in [0.4, 0.5) is 0 Å². The van der Waals surface area contributed by atoms with Gasteiger partial charge in [-0.1, -0.05) is 23.7 Å². The van der Waals surface area contributed by atoms with E-state index in [0.29, 0.717) is 17.1 Å². The Morgan fingerprint density at radius 3 is 2.91 bits per heavy atom. The number of benzene rings is 1. The van der Waals surface area contributed by atoms with Gasteiger partial charge < -0.3 is 10.0 Å². The first-order chi connectivity index (χ1) is 11.2. The van der Waals surface area contributed by atoms with Gasteiger partial charge in [-0.15, -0.1) is 0 Å². The largest absolute Gasteiger partial charge is 0.394 e. The van der Waals surface area contributed by atoms with Gasteiger partial charge in [0.2, 0.25) is 0 Å². The monoisotopic (exact) mass is 330 g/mol. The summed E-state index contributed by atoms with van der Waals surface area (Å²) in [5, 5.41) is 9.95. The molecular weight excluding hydrogens is 312 g/mol. The van der Waals surface area contributed by atoms with E-state index in [-0.39, 0.29) is 18.6 Å². The number of aromatic nitrogens is 1. The molecule has 1 fully saturated rings. The molecule has 1 unspecified atom stereocenters. The zero-order chi connectivity index (χ0) is 16.2. The van der Waals surface area contributed by atoms with Crippen molar-refractivity contribution < 1.29 is 9.90 Å². The molecule has 1 aliphatic heterocycles. The molecule has 1 aliphatic rings. The van der Waals surface area contributed by atoms with E-state index in [0.717, 1.165) is 30.5 Å². The SMILES string of the molecule is O=C(c1cc(-c2ccccn2)ccc1Cl)N1CCCCC1CO. The highest BCUT2D eigenvalue weighted by Crippen LogP contribution is 2.27. The molecule has 120 valence electrons. The minimum Gasteiger partial charge on any atom is -0.394 e. The van der Waals surface area contributed by atoms with Gasteiger partial charge in [0.1, 0.15) is 0 Å². The Balaban J connectivity index is 1.94. The van der Waals surface area contributed by atoms with Gasteiger partial charge in [-0.2, -0.15) is 0 Å². The molecule has 1 aromatic heterocycles. The third-order valence-electron chi connectivity index (χ3n) is 4.26. The average Bonchev–Trinajstić information content (AvgIpc) is 2.62. The number of rotatable bonds is 3. The molecule has 1 atom stereocenters. The highest BCUT2D eigenvalue weighted by molar-refractivity contribution is 6.34. The molecule has 1 saturated heterocycles. The number of hydrogen-bond acceptors (Lipinski definition) is 3. The van der Waals surface area contributed by atoms with Crippen molar-refractivity contribution in [1.29, 1.82) is 0 Å². The van der Waals surface area contributed by atoms with Gasteiger partial charge >= 0.3 is 0 Å². The molecule has 23 heavy (non-hydrogen) atoms. The van der Waals surface area contributed by atoms with Gasteiger partial charge in [0.05, 0.1) is 28.9 Å². The molecule has 0 aliphatic carbocycles. The van der Waals surface area contributed by atoms with Gasteiger partial charge in [0.15, 0.2) is 0 Å². The number of carbonyl (C=O) groups is 1. The molecule has 3 rings (SSSR count). The normalized spacial score (nSPS) is 18.0. The summed E-state index contributed by atoms with van der Waals surface area (Å²) in [6, 6.07) is 10.9. The van der Waals surface area contributed by atoms with Gasteiger partial charge in [-0.3, -0.25) is 9.78 Å². The molecule has 1 amide bonds. The summed E-state index contributed by atoms with van der Waals surface area (Å²) in [6.07, 6.45) is 4.55. The van der Waals surface area contributed by atoms with Gasteiger partial charge in [-0.25, -0.2) is 0 Å². The van der Waals surface area contributed by atoms with Crippen LogP contribution in [-0.4, -0.2) is 40.1 Å². The Morgan fingerprint density at radius 1 is 1.30 bits per heavy atom. The first kappa shape index (κ1) is 16.0. The Hall–Kier alpha value is -1.91. The summed E-state index contributed by atoms with van der Waals surface area (Å²) in [6.45, 7) is 0.650. The third kappa shape index (κ3) is 3.38. The van der Waals surface area contributed by atoms with Crippen molar-refractivity contribution in [2.24, 2.45) is 0 Å². The van der Waals surface area contributed by atoms with Crippen LogP contribution in [0.15, 0.2) is 42.6 Å². The summed E-state index contributed by atoms with van der Waals surface area (Å²) < 4.78 is 0. The van der Waals surface area contributed by atoms with Gasteiger partial charge in [0, 0.05) is 18.3 Å². The molecule has 0 saturated carbocycles. The maximum atomic E-state index is 12.9. The second-order valence-electron chi connectivity index (χ2n) is 5.74. The summed E-state index contributed by atoms with van der Waals surface area (Å²) in [4.78, 5) is 18.9. The van der Waals surface area contributed by atoms with Crippen LogP contribution in [-0.2, 0) is 0 Å². The number of hydrogen-bond donors (Lipinski definition) is 1. The van der Waals surface area contributed by atoms with E-state index < -0.39 is 0 Å². The quantitative estimate of drug-likeness (QED) is 0.938. The van der Waals surface area contributed by atoms with Crippen LogP contribution in [0, 0.1) is 0 Å². The van der Waals surface area contributed by atoms with Crippen LogP contribution >= 0.6 is 11.6 Å². The highest BCUT2D eigenvalue weighted by atomic mass is 35.5. The van der Waals surface area contributed by atoms with Crippen LogP contribution in [0.25, 0.3) is 11.3 Å². The van der Waals surface area contributed by atoms with E-state index in [2.05, 4.69) is 4.98 Å². The number of aliphatic hydroxyl groups is 1. The lowest BCUT2D eigenvalue weighted by atomic mass is 10.0. The second kappa shape index (κ2) is 7.11. The van der Waals surface area contributed by atoms with Crippen LogP contribution in [0.5, 0.6) is 0 Å². The van der Waals surface area contributed by atoms with Crippen molar-refractivity contribution in [2.75, 3.05) is 13.2 Å². The fraction of sp³-hybridized carbons (Fsp3) is 0.333. The predicted molar refractivity (Wildman–Crippen MR) is 90.4 cm³/mol. The fourth-order valence-corrected chi connectivity index (χ4v) is 3.19. The smallest absolute Gasteiger partial charge is 0.255 e. The number of piperidine rings is 1. The fourth-order valence-electron chi connectivity index (χ4n) is 2.99. The number of aliphatic hydroxyl groups excluding tert-OH is 1. The summed E-state index contributed by atoms with van der Waals surface area (Å²) >= 11 is 6.26. The molecule has 2 heterocycles. The van der Waals surface area contributed by atoms with Crippen molar-refractivity contribution >= 4 is 17.5 Å². The topological polar surface area (TPSA) is 53.4 Å². The summed E-state index contributed by atoms with van der Waals surface area (Å²) in [7, 11) is 0. The lowest BCUT2D eigenvalue weighted by molar-refractivity contribution is 0.0503. The summed E-state index contributed by atoms with van der Waals surface area (Å²) in [5.74, 6) is -0.119. The molecule has 4 nitrogen and oxygen atoms in total. The lowest BCUT2D eigenvalue weighted by Gasteiger charge is -2.34. The number of amides is 1. The molecule has 0 radical (unpaired) electrons. The van der Waals surface area contributed by atoms with Crippen molar-refractivity contribution in [2.45, 2.75) is 25.3 Å². The van der Waals surface area contributed by atoms with Crippen LogP contribution < -0.4 is 0 Å². The predicted octanol–water partition coefficient (Wildman–Crippen LogP) is 3.39. The maximum Gasteiger partial charge on any atom is 0.255 e. The number of pyridine rings is 1. The molecule has 1 N–H and O–H groups in total. The number of carbonyl (C=O) groups excluding carboxylic acids is 1. The minimum absolute atomic E-state index is 0.0106. The Bertz CT molecular complexity index is 691. The molecule has 5 heteroatoms.